The summed E-state index contributed by atoms with van der Waals surface area (Å²) < 4.78 is 33.6. The summed E-state index contributed by atoms with van der Waals surface area (Å²) >= 11 is 0. The Kier molecular flexibility index (Phi) is 5.36. The average Bonchev–Trinajstić information content (AvgIpc) is 2.59. The van der Waals surface area contributed by atoms with Gasteiger partial charge >= 0.3 is 0 Å². The first-order valence-electron chi connectivity index (χ1n) is 7.53. The molecule has 0 heterocycles. The molecule has 3 rings (SSSR count). The summed E-state index contributed by atoms with van der Waals surface area (Å²) in [5.74, 6) is -0.322. The van der Waals surface area contributed by atoms with Crippen LogP contribution in [0.15, 0.2) is 60.7 Å². The lowest BCUT2D eigenvalue weighted by atomic mass is 9.76. The number of carbonyl (C=O) groups is 1. The maximum Gasteiger partial charge on any atom is 0.275 e. The third-order valence-corrected chi connectivity index (χ3v) is 6.14. The van der Waals surface area contributed by atoms with E-state index in [1.807, 2.05) is 74.4 Å². The smallest absolute Gasteiger partial charge is 0.275 e. The fourth-order valence-corrected chi connectivity index (χ4v) is 4.66. The van der Waals surface area contributed by atoms with E-state index in [2.05, 4.69) is 0 Å². The van der Waals surface area contributed by atoms with E-state index in [4.69, 9.17) is 4.79 Å². The van der Waals surface area contributed by atoms with Crippen molar-refractivity contribution in [1.29, 1.82) is 0 Å². The number of rotatable bonds is 3. The van der Waals surface area contributed by atoms with Crippen LogP contribution in [0.25, 0.3) is 6.08 Å². The van der Waals surface area contributed by atoms with Gasteiger partial charge in [-0.2, -0.15) is 8.42 Å². The first-order valence-corrected chi connectivity index (χ1v) is 8.97. The van der Waals surface area contributed by atoms with E-state index in [1.54, 1.807) is 6.07 Å². The predicted molar refractivity (Wildman–Crippen MR) is 95.1 cm³/mol. The Morgan fingerprint density at radius 2 is 1.62 bits per heavy atom. The first-order chi connectivity index (χ1) is 11.4. The fourth-order valence-electron chi connectivity index (χ4n) is 3.30. The van der Waals surface area contributed by atoms with Crippen LogP contribution in [-0.4, -0.2) is 19.8 Å². The zero-order valence-corrected chi connectivity index (χ0v) is 14.2. The van der Waals surface area contributed by atoms with Gasteiger partial charge in [0, 0.05) is 5.92 Å². The van der Waals surface area contributed by atoms with E-state index in [0.29, 0.717) is 5.56 Å². The monoisotopic (exact) mass is 344 g/mol. The van der Waals surface area contributed by atoms with Crippen LogP contribution in [0.5, 0.6) is 0 Å². The van der Waals surface area contributed by atoms with Crippen LogP contribution in [0.2, 0.25) is 0 Å². The molecule has 1 aliphatic carbocycles. The van der Waals surface area contributed by atoms with Crippen LogP contribution in [0.4, 0.5) is 0 Å². The summed E-state index contributed by atoms with van der Waals surface area (Å²) in [5.41, 5.74) is 2.39. The van der Waals surface area contributed by atoms with Crippen molar-refractivity contribution >= 4 is 23.0 Å². The average molecular weight is 344 g/mol. The molecule has 1 N–H and O–H groups in total. The lowest BCUT2D eigenvalue weighted by Gasteiger charge is -2.39. The lowest BCUT2D eigenvalue weighted by molar-refractivity contribution is -0.0979. The minimum absolute atomic E-state index is 0.245. The van der Waals surface area contributed by atoms with Crippen molar-refractivity contribution in [1.82, 2.24) is 0 Å². The number of benzene rings is 2. The van der Waals surface area contributed by atoms with E-state index in [-0.39, 0.29) is 12.3 Å². The van der Waals surface area contributed by atoms with Gasteiger partial charge in [-0.3, -0.25) is 4.55 Å². The van der Waals surface area contributed by atoms with Crippen LogP contribution in [0.1, 0.15) is 23.6 Å². The second-order valence-electron chi connectivity index (χ2n) is 5.76. The van der Waals surface area contributed by atoms with Crippen LogP contribution >= 0.6 is 0 Å². The molecule has 0 aliphatic heterocycles. The highest BCUT2D eigenvalue weighted by atomic mass is 32.2. The predicted octanol–water partition coefficient (Wildman–Crippen LogP) is 3.49. The van der Waals surface area contributed by atoms with Crippen LogP contribution in [0.3, 0.4) is 0 Å². The number of carbonyl (C=O) groups excluding carboxylic acids is 1. The zero-order valence-electron chi connectivity index (χ0n) is 13.4. The number of hydrogen-bond acceptors (Lipinski definition) is 3. The van der Waals surface area contributed by atoms with E-state index in [0.717, 1.165) is 11.1 Å². The quantitative estimate of drug-likeness (QED) is 0.865. The van der Waals surface area contributed by atoms with Crippen LogP contribution in [-0.2, 0) is 26.1 Å². The maximum atomic E-state index is 12.4. The van der Waals surface area contributed by atoms with Crippen molar-refractivity contribution in [3.63, 3.8) is 0 Å². The van der Waals surface area contributed by atoms with Crippen molar-refractivity contribution in [3.8, 4) is 0 Å². The Morgan fingerprint density at radius 1 is 1.04 bits per heavy atom. The number of fused-ring (bicyclic) bond motifs is 1. The van der Waals surface area contributed by atoms with Crippen LogP contribution in [0, 0.1) is 5.92 Å². The molecule has 0 radical (unpaired) electrons. The van der Waals surface area contributed by atoms with Gasteiger partial charge in [0.15, 0.2) is 0 Å². The molecule has 0 saturated carbocycles. The van der Waals surface area contributed by atoms with Gasteiger partial charge in [0.2, 0.25) is 0 Å². The molecule has 0 saturated heterocycles. The third kappa shape index (κ3) is 3.05. The third-order valence-electron chi connectivity index (χ3n) is 4.49. The largest absolute Gasteiger partial charge is 0.307 e. The highest BCUT2D eigenvalue weighted by Gasteiger charge is 2.50. The number of allylic oxidation sites excluding steroid dienone is 1. The van der Waals surface area contributed by atoms with Gasteiger partial charge in [0.1, 0.15) is 11.5 Å². The van der Waals surface area contributed by atoms with Crippen molar-refractivity contribution in [2.24, 2.45) is 5.92 Å². The summed E-state index contributed by atoms with van der Waals surface area (Å²) in [7, 11) is -4.30. The second kappa shape index (κ2) is 7.11. The topological polar surface area (TPSA) is 71.4 Å². The highest BCUT2D eigenvalue weighted by molar-refractivity contribution is 7.86. The van der Waals surface area contributed by atoms with Gasteiger partial charge in [-0.05, 0) is 23.1 Å². The van der Waals surface area contributed by atoms with Gasteiger partial charge in [0.25, 0.3) is 10.1 Å². The Balaban J connectivity index is 0.00000100. The summed E-state index contributed by atoms with van der Waals surface area (Å²) in [6, 6.07) is 16.8. The summed E-state index contributed by atoms with van der Waals surface area (Å²) in [5, 5.41) is 0. The molecule has 5 heteroatoms. The normalized spacial score (nSPS) is 22.2. The Labute approximate surface area is 142 Å². The molecule has 2 atom stereocenters. The molecule has 0 fully saturated rings. The lowest BCUT2D eigenvalue weighted by Crippen LogP contribution is -2.44. The van der Waals surface area contributed by atoms with Gasteiger partial charge in [0.05, 0.1) is 0 Å². The molecule has 126 valence electrons. The standard InChI is InChI=1S/C18H18O3S.CH2O/c1-14-11-12-16-9-5-6-10-17(16)18(14,22(19,20)21)13-15-7-3-2-4-8-15;1-2/h2-12,14H,13H2,1H3,(H,19,20,21);1H2. The van der Waals surface area contributed by atoms with E-state index in [9.17, 15) is 13.0 Å². The fraction of sp³-hybridized carbons (Fsp3) is 0.211. The molecule has 0 aromatic heterocycles. The molecular formula is C19H20O4S. The van der Waals surface area contributed by atoms with Gasteiger partial charge < -0.3 is 4.79 Å². The highest BCUT2D eigenvalue weighted by Crippen LogP contribution is 2.45. The van der Waals surface area contributed by atoms with E-state index < -0.39 is 14.9 Å². The Bertz CT molecular complexity index is 827. The first kappa shape index (κ1) is 18.1. The molecule has 2 unspecified atom stereocenters. The maximum absolute atomic E-state index is 12.4. The van der Waals surface area contributed by atoms with Gasteiger partial charge in [-0.1, -0.05) is 73.7 Å². The molecule has 0 spiro atoms. The van der Waals surface area contributed by atoms with E-state index >= 15 is 0 Å². The molecule has 2 aromatic rings. The van der Waals surface area contributed by atoms with Crippen LogP contribution < -0.4 is 0 Å². The summed E-state index contributed by atoms with van der Waals surface area (Å²) in [6.07, 6.45) is 4.03. The molecule has 0 bridgehead atoms. The molecule has 0 amide bonds. The van der Waals surface area contributed by atoms with Gasteiger partial charge in [-0.15, -0.1) is 0 Å². The molecule has 24 heavy (non-hydrogen) atoms. The summed E-state index contributed by atoms with van der Waals surface area (Å²) in [6.45, 7) is 3.84. The Hall–Kier alpha value is -2.24. The SMILES string of the molecule is C=O.CC1C=Cc2ccccc2C1(Cc1ccccc1)S(=O)(=O)O. The number of hydrogen-bond donors (Lipinski definition) is 1. The van der Waals surface area contributed by atoms with Gasteiger partial charge in [-0.25, -0.2) is 0 Å². The molecule has 2 aromatic carbocycles. The molecule has 1 aliphatic rings. The molecular weight excluding hydrogens is 324 g/mol. The Morgan fingerprint density at radius 3 is 2.25 bits per heavy atom. The van der Waals surface area contributed by atoms with Crippen molar-refractivity contribution in [2.45, 2.75) is 18.1 Å². The van der Waals surface area contributed by atoms with Crippen molar-refractivity contribution < 1.29 is 17.8 Å². The van der Waals surface area contributed by atoms with Crippen molar-refractivity contribution in [3.05, 3.63) is 77.4 Å². The minimum atomic E-state index is -4.30. The van der Waals surface area contributed by atoms with Crippen molar-refractivity contribution in [2.75, 3.05) is 0 Å². The summed E-state index contributed by atoms with van der Waals surface area (Å²) in [4.78, 5) is 8.00. The molecule has 4 nitrogen and oxygen atoms in total. The minimum Gasteiger partial charge on any atom is -0.307 e. The van der Waals surface area contributed by atoms with E-state index in [1.165, 1.54) is 0 Å². The second-order valence-corrected chi connectivity index (χ2v) is 7.44. The zero-order chi connectivity index (χ0) is 17.8.